The molecule has 3 rings (SSSR count). The van der Waals surface area contributed by atoms with Gasteiger partial charge >= 0.3 is 0 Å². The number of nitrogens with zero attached hydrogens (tertiary/aromatic N) is 4. The van der Waals surface area contributed by atoms with Gasteiger partial charge in [0.25, 0.3) is 0 Å². The van der Waals surface area contributed by atoms with Crippen LogP contribution in [0.1, 0.15) is 11.4 Å². The Morgan fingerprint density at radius 2 is 1.76 bits per heavy atom. The number of aromatic nitrogens is 2. The number of ether oxygens (including phenoxy) is 2. The molecule has 2 aromatic rings. The van der Waals surface area contributed by atoms with Gasteiger partial charge in [0.2, 0.25) is 0 Å². The Morgan fingerprint density at radius 3 is 2.44 bits per heavy atom. The van der Waals surface area contributed by atoms with Crippen LogP contribution < -0.4 is 9.47 Å². The van der Waals surface area contributed by atoms with E-state index in [1.807, 2.05) is 31.3 Å². The monoisotopic (exact) mass is 342 g/mol. The topological polar surface area (TPSA) is 50.7 Å². The van der Waals surface area contributed by atoms with E-state index in [4.69, 9.17) is 14.5 Å². The molecule has 1 fully saturated rings. The average molecular weight is 342 g/mol. The first-order chi connectivity index (χ1) is 12.1. The first-order valence-corrected chi connectivity index (χ1v) is 8.56. The molecule has 25 heavy (non-hydrogen) atoms. The Labute approximate surface area is 149 Å². The van der Waals surface area contributed by atoms with Gasteiger partial charge in [-0.25, -0.2) is 9.97 Å². The van der Waals surface area contributed by atoms with Gasteiger partial charge in [0.05, 0.1) is 19.9 Å². The lowest BCUT2D eigenvalue weighted by atomic mass is 10.1. The van der Waals surface area contributed by atoms with Crippen molar-refractivity contribution in [2.45, 2.75) is 13.5 Å². The van der Waals surface area contributed by atoms with E-state index in [0.29, 0.717) is 5.75 Å². The number of methoxy groups -OCH3 is 2. The largest absolute Gasteiger partial charge is 0.493 e. The number of hydrogen-bond acceptors (Lipinski definition) is 6. The van der Waals surface area contributed by atoms with Crippen LogP contribution in [0.3, 0.4) is 0 Å². The molecule has 2 heterocycles. The van der Waals surface area contributed by atoms with E-state index in [1.165, 1.54) is 0 Å². The van der Waals surface area contributed by atoms with Crippen LogP contribution in [0, 0.1) is 6.92 Å². The van der Waals surface area contributed by atoms with Crippen LogP contribution in [0.2, 0.25) is 0 Å². The fraction of sp³-hybridized carbons (Fsp3) is 0.474. The van der Waals surface area contributed by atoms with Crippen molar-refractivity contribution in [1.29, 1.82) is 0 Å². The van der Waals surface area contributed by atoms with Gasteiger partial charge in [-0.2, -0.15) is 0 Å². The zero-order valence-corrected chi connectivity index (χ0v) is 15.5. The van der Waals surface area contributed by atoms with Crippen LogP contribution in [0.25, 0.3) is 11.3 Å². The van der Waals surface area contributed by atoms with E-state index in [2.05, 4.69) is 21.8 Å². The van der Waals surface area contributed by atoms with E-state index in [-0.39, 0.29) is 0 Å². The molecule has 0 amide bonds. The van der Waals surface area contributed by atoms with Crippen molar-refractivity contribution in [2.75, 3.05) is 47.4 Å². The summed E-state index contributed by atoms with van der Waals surface area (Å²) in [6.45, 7) is 7.10. The van der Waals surface area contributed by atoms with Gasteiger partial charge < -0.3 is 14.4 Å². The quantitative estimate of drug-likeness (QED) is 0.830. The smallest absolute Gasteiger partial charge is 0.161 e. The molecule has 6 heteroatoms. The van der Waals surface area contributed by atoms with E-state index < -0.39 is 0 Å². The number of piperazine rings is 1. The van der Waals surface area contributed by atoms with Gasteiger partial charge in [-0.1, -0.05) is 0 Å². The molecule has 0 N–H and O–H groups in total. The summed E-state index contributed by atoms with van der Waals surface area (Å²) < 4.78 is 10.8. The molecule has 1 saturated heterocycles. The second kappa shape index (κ2) is 7.80. The molecule has 6 nitrogen and oxygen atoms in total. The summed E-state index contributed by atoms with van der Waals surface area (Å²) in [4.78, 5) is 13.9. The molecule has 0 atom stereocenters. The number of hydrogen-bond donors (Lipinski definition) is 0. The minimum Gasteiger partial charge on any atom is -0.493 e. The molecular formula is C19H26N4O2. The Kier molecular flexibility index (Phi) is 5.50. The molecule has 0 unspecified atom stereocenters. The second-order valence-electron chi connectivity index (χ2n) is 6.44. The van der Waals surface area contributed by atoms with Gasteiger partial charge in [-0.05, 0) is 32.2 Å². The molecule has 1 aromatic heterocycles. The van der Waals surface area contributed by atoms with Gasteiger partial charge in [0.15, 0.2) is 11.5 Å². The maximum absolute atomic E-state index is 5.45. The van der Waals surface area contributed by atoms with Crippen molar-refractivity contribution in [3.05, 3.63) is 35.8 Å². The minimum absolute atomic E-state index is 0.710. The van der Waals surface area contributed by atoms with E-state index in [9.17, 15) is 0 Å². The normalized spacial score (nSPS) is 16.0. The van der Waals surface area contributed by atoms with Gasteiger partial charge in [0, 0.05) is 50.0 Å². The third-order valence-electron chi connectivity index (χ3n) is 4.63. The van der Waals surface area contributed by atoms with Crippen LogP contribution in [0.15, 0.2) is 24.4 Å². The average Bonchev–Trinajstić information content (AvgIpc) is 2.64. The molecule has 0 bridgehead atoms. The Hall–Kier alpha value is -2.18. The highest BCUT2D eigenvalue weighted by molar-refractivity contribution is 5.66. The summed E-state index contributed by atoms with van der Waals surface area (Å²) in [5.41, 5.74) is 3.13. The first-order valence-electron chi connectivity index (χ1n) is 8.56. The first kappa shape index (κ1) is 17.6. The van der Waals surface area contributed by atoms with E-state index in [0.717, 1.165) is 61.1 Å². The zero-order valence-electron chi connectivity index (χ0n) is 15.5. The Morgan fingerprint density at radius 1 is 1.04 bits per heavy atom. The van der Waals surface area contributed by atoms with Crippen molar-refractivity contribution >= 4 is 0 Å². The van der Waals surface area contributed by atoms with Crippen LogP contribution in [0.4, 0.5) is 0 Å². The molecule has 1 aromatic carbocycles. The van der Waals surface area contributed by atoms with Crippen LogP contribution in [-0.2, 0) is 6.54 Å². The predicted octanol–water partition coefficient (Wildman–Crippen LogP) is 2.22. The molecule has 0 radical (unpaired) electrons. The van der Waals surface area contributed by atoms with Crippen LogP contribution >= 0.6 is 0 Å². The predicted molar refractivity (Wildman–Crippen MR) is 98.1 cm³/mol. The molecule has 1 aliphatic rings. The lowest BCUT2D eigenvalue weighted by molar-refractivity contribution is 0.148. The number of aryl methyl sites for hydroxylation is 1. The van der Waals surface area contributed by atoms with Gasteiger partial charge in [-0.3, -0.25) is 4.90 Å². The zero-order chi connectivity index (χ0) is 17.8. The highest BCUT2D eigenvalue weighted by Gasteiger charge is 2.18. The summed E-state index contributed by atoms with van der Waals surface area (Å²) >= 11 is 0. The molecule has 1 aliphatic heterocycles. The SMILES string of the molecule is COc1ccc(-c2nc(C)ncc2CN2CCN(C)CC2)cc1OC. The number of likely N-dealkylation sites (N-methyl/N-ethyl adjacent to an activating group) is 1. The Balaban J connectivity index is 1.91. The second-order valence-corrected chi connectivity index (χ2v) is 6.44. The van der Waals surface area contributed by atoms with Crippen molar-refractivity contribution in [1.82, 2.24) is 19.8 Å². The van der Waals surface area contributed by atoms with Crippen molar-refractivity contribution < 1.29 is 9.47 Å². The van der Waals surface area contributed by atoms with Gasteiger partial charge in [-0.15, -0.1) is 0 Å². The van der Waals surface area contributed by atoms with Crippen molar-refractivity contribution in [3.63, 3.8) is 0 Å². The molecule has 0 spiro atoms. The highest BCUT2D eigenvalue weighted by atomic mass is 16.5. The summed E-state index contributed by atoms with van der Waals surface area (Å²) in [6.07, 6.45) is 1.95. The van der Waals surface area contributed by atoms with Crippen LogP contribution in [0.5, 0.6) is 11.5 Å². The summed E-state index contributed by atoms with van der Waals surface area (Å²) in [5, 5.41) is 0. The maximum atomic E-state index is 5.45. The molecule has 0 aliphatic carbocycles. The fourth-order valence-corrected chi connectivity index (χ4v) is 3.09. The molecule has 134 valence electrons. The third kappa shape index (κ3) is 4.08. The third-order valence-corrected chi connectivity index (χ3v) is 4.63. The molecular weight excluding hydrogens is 316 g/mol. The summed E-state index contributed by atoms with van der Waals surface area (Å²) in [6, 6.07) is 5.93. The number of benzene rings is 1. The van der Waals surface area contributed by atoms with E-state index in [1.54, 1.807) is 14.2 Å². The fourth-order valence-electron chi connectivity index (χ4n) is 3.09. The standard InChI is InChI=1S/C19H26N4O2/c1-14-20-12-16(13-23-9-7-22(2)8-10-23)19(21-14)15-5-6-17(24-3)18(11-15)25-4/h5-6,11-12H,7-10,13H2,1-4H3. The minimum atomic E-state index is 0.710. The van der Waals surface area contributed by atoms with E-state index >= 15 is 0 Å². The maximum Gasteiger partial charge on any atom is 0.161 e. The van der Waals surface area contributed by atoms with Crippen LogP contribution in [-0.4, -0.2) is 67.2 Å². The molecule has 0 saturated carbocycles. The lowest BCUT2D eigenvalue weighted by Crippen LogP contribution is -2.44. The highest BCUT2D eigenvalue weighted by Crippen LogP contribution is 2.33. The number of rotatable bonds is 5. The van der Waals surface area contributed by atoms with Gasteiger partial charge in [0.1, 0.15) is 5.82 Å². The summed E-state index contributed by atoms with van der Waals surface area (Å²) in [7, 11) is 5.46. The summed E-state index contributed by atoms with van der Waals surface area (Å²) in [5.74, 6) is 2.20. The van der Waals surface area contributed by atoms with Crippen molar-refractivity contribution in [3.8, 4) is 22.8 Å². The Bertz CT molecular complexity index is 727. The lowest BCUT2D eigenvalue weighted by Gasteiger charge is -2.32. The van der Waals surface area contributed by atoms with Crippen molar-refractivity contribution in [2.24, 2.45) is 0 Å².